The first-order valence-corrected chi connectivity index (χ1v) is 18.3. The van der Waals surface area contributed by atoms with Gasteiger partial charge in [0.15, 0.2) is 17.2 Å². The van der Waals surface area contributed by atoms with Crippen LogP contribution >= 0.6 is 0 Å². The Morgan fingerprint density at radius 1 is 0.943 bits per heavy atom. The number of para-hydroxylation sites is 3. The normalized spacial score (nSPS) is 18.6. The quantitative estimate of drug-likeness (QED) is 0.0857. The molecule has 3 aromatic heterocycles. The van der Waals surface area contributed by atoms with Crippen molar-refractivity contribution >= 4 is 51.0 Å². The van der Waals surface area contributed by atoms with Gasteiger partial charge in [0.2, 0.25) is 0 Å². The highest BCUT2D eigenvalue weighted by molar-refractivity contribution is 6.06. The number of nitrogens with zero attached hydrogens (tertiary/aromatic N) is 6. The van der Waals surface area contributed by atoms with E-state index in [2.05, 4.69) is 11.1 Å². The Bertz CT molecular complexity index is 2140. The summed E-state index contributed by atoms with van der Waals surface area (Å²) in [5.41, 5.74) is 2.24. The van der Waals surface area contributed by atoms with Gasteiger partial charge < -0.3 is 33.2 Å². The summed E-state index contributed by atoms with van der Waals surface area (Å²) in [4.78, 5) is 45.2. The van der Waals surface area contributed by atoms with Gasteiger partial charge in [0.1, 0.15) is 41.1 Å². The summed E-state index contributed by atoms with van der Waals surface area (Å²) in [6, 6.07) is 15.4. The number of hydrogen-bond donors (Lipinski definition) is 0. The Morgan fingerprint density at radius 3 is 2.40 bits per heavy atom. The second-order valence-corrected chi connectivity index (χ2v) is 15.7. The average Bonchev–Trinajstić information content (AvgIpc) is 3.80. The molecule has 5 heterocycles. The third-order valence-corrected chi connectivity index (χ3v) is 9.25. The molecule has 0 N–H and O–H groups in total. The van der Waals surface area contributed by atoms with E-state index < -0.39 is 23.3 Å². The average molecular weight is 725 g/mol. The number of hydrogen-bond acceptors (Lipinski definition) is 11. The maximum atomic E-state index is 14.0. The zero-order valence-electron chi connectivity index (χ0n) is 31.3. The molecule has 0 spiro atoms. The van der Waals surface area contributed by atoms with Crippen LogP contribution in [0.15, 0.2) is 65.6 Å². The van der Waals surface area contributed by atoms with Crippen LogP contribution in [0.4, 0.5) is 10.6 Å². The molecule has 2 atom stereocenters. The molecule has 2 aliphatic heterocycles. The molecule has 7 rings (SSSR count). The first-order chi connectivity index (χ1) is 25.3. The summed E-state index contributed by atoms with van der Waals surface area (Å²) in [6.07, 6.45) is 2.64. The van der Waals surface area contributed by atoms with Gasteiger partial charge in [-0.05, 0) is 78.6 Å². The molecular weight excluding hydrogens is 676 g/mol. The minimum Gasteiger partial charge on any atom is -0.459 e. The van der Waals surface area contributed by atoms with Crippen LogP contribution in [-0.4, -0.2) is 86.1 Å². The molecule has 0 radical (unpaired) electrons. The predicted octanol–water partition coefficient (Wildman–Crippen LogP) is 7.37. The molecule has 13 heteroatoms. The fraction of sp³-hybridized carbons (Fsp3) is 0.475. The van der Waals surface area contributed by atoms with E-state index in [1.807, 2.05) is 95.0 Å². The minimum atomic E-state index is -0.734. The third-order valence-electron chi connectivity index (χ3n) is 9.25. The van der Waals surface area contributed by atoms with Crippen molar-refractivity contribution in [1.82, 2.24) is 24.4 Å². The number of imidazole rings is 1. The molecule has 5 aromatic rings. The first kappa shape index (κ1) is 36.2. The second kappa shape index (κ2) is 14.3. The van der Waals surface area contributed by atoms with Gasteiger partial charge >= 0.3 is 12.1 Å². The molecule has 13 nitrogen and oxygen atoms in total. The number of benzene rings is 2. The number of anilines is 1. The van der Waals surface area contributed by atoms with Crippen LogP contribution < -0.4 is 9.64 Å². The molecule has 280 valence electrons. The van der Waals surface area contributed by atoms with Gasteiger partial charge in [-0.2, -0.15) is 4.98 Å². The lowest BCUT2D eigenvalue weighted by Gasteiger charge is -2.34. The van der Waals surface area contributed by atoms with Crippen molar-refractivity contribution in [2.24, 2.45) is 0 Å². The van der Waals surface area contributed by atoms with Crippen molar-refractivity contribution in [3.63, 3.8) is 0 Å². The predicted molar refractivity (Wildman–Crippen MR) is 201 cm³/mol. The smallest absolute Gasteiger partial charge is 0.410 e. The molecule has 53 heavy (non-hydrogen) atoms. The van der Waals surface area contributed by atoms with Crippen molar-refractivity contribution in [2.75, 3.05) is 31.1 Å². The van der Waals surface area contributed by atoms with Crippen molar-refractivity contribution in [3.8, 4) is 6.01 Å². The second-order valence-electron chi connectivity index (χ2n) is 15.7. The summed E-state index contributed by atoms with van der Waals surface area (Å²) in [6.45, 7) is 16.8. The number of carbonyl (C=O) groups is 2. The lowest BCUT2D eigenvalue weighted by atomic mass is 10.0. The molecule has 0 aliphatic carbocycles. The summed E-state index contributed by atoms with van der Waals surface area (Å²) < 4.78 is 32.7. The van der Waals surface area contributed by atoms with Crippen LogP contribution in [0.2, 0.25) is 0 Å². The molecule has 0 saturated carbocycles. The summed E-state index contributed by atoms with van der Waals surface area (Å²) in [7, 11) is 0. The Labute approximate surface area is 308 Å². The number of carbonyl (C=O) groups excluding carboxylic acids is 2. The van der Waals surface area contributed by atoms with E-state index in [0.29, 0.717) is 79.8 Å². The molecular formula is C40H48N6O7. The van der Waals surface area contributed by atoms with E-state index in [-0.39, 0.29) is 24.7 Å². The molecule has 0 bridgehead atoms. The van der Waals surface area contributed by atoms with E-state index in [9.17, 15) is 9.59 Å². The maximum Gasteiger partial charge on any atom is 0.410 e. The number of furan rings is 1. The number of ether oxygens (including phenoxy) is 4. The maximum absolute atomic E-state index is 14.0. The van der Waals surface area contributed by atoms with Gasteiger partial charge in [-0.15, -0.1) is 6.58 Å². The van der Waals surface area contributed by atoms with Crippen molar-refractivity contribution in [1.29, 1.82) is 0 Å². The van der Waals surface area contributed by atoms with Gasteiger partial charge in [0, 0.05) is 30.9 Å². The fourth-order valence-electron chi connectivity index (χ4n) is 7.06. The zero-order valence-corrected chi connectivity index (χ0v) is 31.3. The highest BCUT2D eigenvalue weighted by Gasteiger charge is 2.43. The monoisotopic (exact) mass is 724 g/mol. The van der Waals surface area contributed by atoms with E-state index in [1.54, 1.807) is 11.0 Å². The largest absolute Gasteiger partial charge is 0.459 e. The number of aromatic nitrogens is 4. The number of esters is 1. The van der Waals surface area contributed by atoms with Crippen LogP contribution in [0.1, 0.15) is 72.7 Å². The zero-order chi connectivity index (χ0) is 37.5. The molecule has 2 saturated heterocycles. The Balaban J connectivity index is 1.22. The van der Waals surface area contributed by atoms with Gasteiger partial charge in [-0.25, -0.2) is 19.6 Å². The molecule has 2 aliphatic rings. The standard InChI is InChI=1S/C40H48N6O7/c1-8-21-49-24-32-42-33-27-13-9-12-16-31(27)51-34(33)35(43-32)45-23-26(22-30(45)36(47)52-39(2,3)4)50-37-41-28-14-10-11-15-29(28)46(37)25-17-19-44(20-18-25)38(48)53-40(5,6)7/h8-16,25-26,30H,1,17-24H2,2-7H3/t26-,30-/m0/s1. The Morgan fingerprint density at radius 2 is 1.66 bits per heavy atom. The van der Waals surface area contributed by atoms with E-state index in [4.69, 9.17) is 38.3 Å². The van der Waals surface area contributed by atoms with Gasteiger partial charge in [0.25, 0.3) is 6.01 Å². The van der Waals surface area contributed by atoms with Crippen molar-refractivity contribution in [2.45, 2.75) is 96.8 Å². The fourth-order valence-corrected chi connectivity index (χ4v) is 7.06. The van der Waals surface area contributed by atoms with Crippen LogP contribution in [0.5, 0.6) is 6.01 Å². The minimum absolute atomic E-state index is 0.0328. The number of fused-ring (bicyclic) bond motifs is 4. The van der Waals surface area contributed by atoms with Crippen molar-refractivity contribution < 1.29 is 33.0 Å². The Kier molecular flexibility index (Phi) is 9.79. The van der Waals surface area contributed by atoms with Gasteiger partial charge in [-0.1, -0.05) is 30.3 Å². The SMILES string of the molecule is C=CCOCc1nc(N2C[C@@H](Oc3nc4ccccc4n3C3CCN(C(=O)OC(C)(C)C)CC3)C[C@H]2C(=O)OC(C)(C)C)c2oc3ccccc3c2n1. The highest BCUT2D eigenvalue weighted by atomic mass is 16.6. The van der Waals surface area contributed by atoms with E-state index >= 15 is 0 Å². The van der Waals surface area contributed by atoms with E-state index in [0.717, 1.165) is 16.4 Å². The van der Waals surface area contributed by atoms with Crippen LogP contribution in [0, 0.1) is 0 Å². The lowest BCUT2D eigenvalue weighted by Crippen LogP contribution is -2.42. The molecule has 0 unspecified atom stereocenters. The third kappa shape index (κ3) is 7.80. The lowest BCUT2D eigenvalue weighted by molar-refractivity contribution is -0.156. The molecule has 1 amide bonds. The van der Waals surface area contributed by atoms with Gasteiger partial charge in [0.05, 0.1) is 24.2 Å². The number of rotatable bonds is 9. The highest BCUT2D eigenvalue weighted by Crippen LogP contribution is 2.39. The number of piperidine rings is 1. The molecule has 2 fully saturated rings. The number of likely N-dealkylation sites (tertiary alicyclic amines) is 1. The van der Waals surface area contributed by atoms with Gasteiger partial charge in [-0.3, -0.25) is 4.57 Å². The Hall–Kier alpha value is -5.17. The van der Waals surface area contributed by atoms with Crippen LogP contribution in [-0.2, 0) is 25.6 Å². The summed E-state index contributed by atoms with van der Waals surface area (Å²) in [5, 5.41) is 0.836. The summed E-state index contributed by atoms with van der Waals surface area (Å²) >= 11 is 0. The van der Waals surface area contributed by atoms with Crippen molar-refractivity contribution in [3.05, 3.63) is 67.0 Å². The van der Waals surface area contributed by atoms with Crippen LogP contribution in [0.25, 0.3) is 33.1 Å². The van der Waals surface area contributed by atoms with Crippen LogP contribution in [0.3, 0.4) is 0 Å². The first-order valence-electron chi connectivity index (χ1n) is 18.3. The van der Waals surface area contributed by atoms with E-state index in [1.165, 1.54) is 0 Å². The summed E-state index contributed by atoms with van der Waals surface area (Å²) in [5.74, 6) is 0.528. The molecule has 2 aromatic carbocycles. The number of amides is 1. The topological polar surface area (TPSA) is 134 Å².